The minimum atomic E-state index is 0.121. The number of hydrogen-bond acceptors (Lipinski definition) is 2. The van der Waals surface area contributed by atoms with E-state index in [1.54, 1.807) is 11.8 Å². The Bertz CT molecular complexity index is 388. The summed E-state index contributed by atoms with van der Waals surface area (Å²) < 4.78 is 0. The van der Waals surface area contributed by atoms with Crippen LogP contribution in [0, 0.1) is 13.8 Å². The van der Waals surface area contributed by atoms with Gasteiger partial charge in [-0.05, 0) is 38.8 Å². The van der Waals surface area contributed by atoms with Crippen LogP contribution in [-0.2, 0) is 10.5 Å². The monoisotopic (exact) mass is 251 g/mol. The van der Waals surface area contributed by atoms with E-state index in [-0.39, 0.29) is 11.9 Å². The van der Waals surface area contributed by atoms with Gasteiger partial charge in [-0.25, -0.2) is 0 Å². The molecule has 94 valence electrons. The Morgan fingerprint density at radius 1 is 1.35 bits per heavy atom. The zero-order valence-electron chi connectivity index (χ0n) is 11.0. The molecule has 0 radical (unpaired) electrons. The van der Waals surface area contributed by atoms with Crippen molar-refractivity contribution in [1.82, 2.24) is 5.32 Å². The van der Waals surface area contributed by atoms with Crippen LogP contribution in [0.1, 0.15) is 30.5 Å². The number of nitrogens with one attached hydrogen (secondary N) is 1. The summed E-state index contributed by atoms with van der Waals surface area (Å²) in [6, 6.07) is 6.68. The molecular formula is C14H21NOS. The Morgan fingerprint density at radius 3 is 2.71 bits per heavy atom. The molecule has 1 aromatic carbocycles. The Hall–Kier alpha value is -0.960. The second-order valence-corrected chi connectivity index (χ2v) is 5.63. The van der Waals surface area contributed by atoms with Gasteiger partial charge in [0.25, 0.3) is 0 Å². The van der Waals surface area contributed by atoms with Crippen molar-refractivity contribution >= 4 is 17.7 Å². The first kappa shape index (κ1) is 14.1. The van der Waals surface area contributed by atoms with Gasteiger partial charge in [0.15, 0.2) is 0 Å². The van der Waals surface area contributed by atoms with Crippen LogP contribution in [0.15, 0.2) is 18.2 Å². The summed E-state index contributed by atoms with van der Waals surface area (Å²) in [6.45, 7) is 8.17. The minimum Gasteiger partial charge on any atom is -0.353 e. The molecule has 0 spiro atoms. The molecular weight excluding hydrogens is 230 g/mol. The molecule has 2 nitrogen and oxygen atoms in total. The molecule has 3 heteroatoms. The first-order valence-corrected chi connectivity index (χ1v) is 7.07. The molecule has 0 aromatic heterocycles. The maximum Gasteiger partial charge on any atom is 0.230 e. The Kier molecular flexibility index (Phi) is 5.56. The molecule has 0 aliphatic carbocycles. The largest absolute Gasteiger partial charge is 0.353 e. The fourth-order valence-corrected chi connectivity index (χ4v) is 2.47. The summed E-state index contributed by atoms with van der Waals surface area (Å²) >= 11 is 1.67. The lowest BCUT2D eigenvalue weighted by atomic mass is 10.1. The lowest BCUT2D eigenvalue weighted by Crippen LogP contribution is -2.31. The maximum atomic E-state index is 11.5. The van der Waals surface area contributed by atoms with Gasteiger partial charge < -0.3 is 5.32 Å². The number of carbonyl (C=O) groups excluding carboxylic acids is 1. The van der Waals surface area contributed by atoms with E-state index in [1.165, 1.54) is 16.7 Å². The van der Waals surface area contributed by atoms with E-state index in [2.05, 4.69) is 37.4 Å². The second-order valence-electron chi connectivity index (χ2n) is 4.64. The molecule has 0 heterocycles. The van der Waals surface area contributed by atoms with Gasteiger partial charge in [-0.3, -0.25) is 4.79 Å². The lowest BCUT2D eigenvalue weighted by Gasteiger charge is -2.09. The Morgan fingerprint density at radius 2 is 2.06 bits per heavy atom. The highest BCUT2D eigenvalue weighted by Gasteiger charge is 2.04. The smallest absolute Gasteiger partial charge is 0.230 e. The summed E-state index contributed by atoms with van der Waals surface area (Å²) in [5.74, 6) is 1.56. The molecule has 1 aromatic rings. The molecule has 0 unspecified atom stereocenters. The summed E-state index contributed by atoms with van der Waals surface area (Å²) in [4.78, 5) is 11.5. The Labute approximate surface area is 108 Å². The SMILES string of the molecule is Cc1ccc(C)c(CSCC(=O)NC(C)C)c1. The fraction of sp³-hybridized carbons (Fsp3) is 0.500. The average Bonchev–Trinajstić information content (AvgIpc) is 2.22. The zero-order chi connectivity index (χ0) is 12.8. The van der Waals surface area contributed by atoms with Crippen LogP contribution in [-0.4, -0.2) is 17.7 Å². The van der Waals surface area contributed by atoms with Crippen LogP contribution in [0.2, 0.25) is 0 Å². The average molecular weight is 251 g/mol. The summed E-state index contributed by atoms with van der Waals surface area (Å²) in [6.07, 6.45) is 0. The number of hydrogen-bond donors (Lipinski definition) is 1. The van der Waals surface area contributed by atoms with Crippen molar-refractivity contribution in [1.29, 1.82) is 0 Å². The van der Waals surface area contributed by atoms with E-state index < -0.39 is 0 Å². The van der Waals surface area contributed by atoms with E-state index in [1.807, 2.05) is 13.8 Å². The molecule has 0 fully saturated rings. The van der Waals surface area contributed by atoms with Crippen molar-refractivity contribution in [3.05, 3.63) is 34.9 Å². The first-order chi connectivity index (χ1) is 7.99. The van der Waals surface area contributed by atoms with Crippen molar-refractivity contribution in [2.45, 2.75) is 39.5 Å². The van der Waals surface area contributed by atoms with Crippen LogP contribution in [0.4, 0.5) is 0 Å². The zero-order valence-corrected chi connectivity index (χ0v) is 11.9. The number of carbonyl (C=O) groups is 1. The highest BCUT2D eigenvalue weighted by molar-refractivity contribution is 7.99. The van der Waals surface area contributed by atoms with Gasteiger partial charge in [0.1, 0.15) is 0 Å². The van der Waals surface area contributed by atoms with Crippen LogP contribution >= 0.6 is 11.8 Å². The van der Waals surface area contributed by atoms with Crippen molar-refractivity contribution < 1.29 is 4.79 Å². The number of benzene rings is 1. The van der Waals surface area contributed by atoms with Crippen LogP contribution < -0.4 is 5.32 Å². The van der Waals surface area contributed by atoms with Gasteiger partial charge >= 0.3 is 0 Å². The van der Waals surface area contributed by atoms with Crippen LogP contribution in [0.5, 0.6) is 0 Å². The molecule has 0 atom stereocenters. The molecule has 0 saturated heterocycles. The summed E-state index contributed by atoms with van der Waals surface area (Å²) in [5.41, 5.74) is 3.90. The molecule has 0 aliphatic rings. The standard InChI is InChI=1S/C14H21NOS/c1-10(2)15-14(16)9-17-8-13-7-11(3)5-6-12(13)4/h5-7,10H,8-9H2,1-4H3,(H,15,16). The third-order valence-corrected chi connectivity index (χ3v) is 3.43. The maximum absolute atomic E-state index is 11.5. The third kappa shape index (κ3) is 5.26. The molecule has 1 amide bonds. The van der Waals surface area contributed by atoms with Gasteiger partial charge in [-0.1, -0.05) is 23.8 Å². The van der Waals surface area contributed by atoms with Gasteiger partial charge in [-0.2, -0.15) is 0 Å². The third-order valence-electron chi connectivity index (χ3n) is 2.45. The fourth-order valence-electron chi connectivity index (χ4n) is 1.57. The van der Waals surface area contributed by atoms with Gasteiger partial charge in [0, 0.05) is 11.8 Å². The van der Waals surface area contributed by atoms with E-state index in [4.69, 9.17) is 0 Å². The van der Waals surface area contributed by atoms with E-state index in [9.17, 15) is 4.79 Å². The first-order valence-electron chi connectivity index (χ1n) is 5.92. The minimum absolute atomic E-state index is 0.121. The lowest BCUT2D eigenvalue weighted by molar-refractivity contribution is -0.119. The van der Waals surface area contributed by atoms with Gasteiger partial charge in [0.05, 0.1) is 5.75 Å². The van der Waals surface area contributed by atoms with Crippen molar-refractivity contribution in [3.8, 4) is 0 Å². The van der Waals surface area contributed by atoms with Crippen molar-refractivity contribution in [3.63, 3.8) is 0 Å². The van der Waals surface area contributed by atoms with Crippen LogP contribution in [0.25, 0.3) is 0 Å². The predicted octanol–water partition coefficient (Wildman–Crippen LogP) is 3.06. The molecule has 17 heavy (non-hydrogen) atoms. The quantitative estimate of drug-likeness (QED) is 0.871. The molecule has 0 saturated carbocycles. The number of thioether (sulfide) groups is 1. The second kappa shape index (κ2) is 6.70. The summed E-state index contributed by atoms with van der Waals surface area (Å²) in [7, 11) is 0. The van der Waals surface area contributed by atoms with Crippen molar-refractivity contribution in [2.75, 3.05) is 5.75 Å². The predicted molar refractivity (Wildman–Crippen MR) is 75.4 cm³/mol. The topological polar surface area (TPSA) is 29.1 Å². The number of amides is 1. The van der Waals surface area contributed by atoms with Gasteiger partial charge in [0.2, 0.25) is 5.91 Å². The Balaban J connectivity index is 2.40. The number of aryl methyl sites for hydroxylation is 2. The highest BCUT2D eigenvalue weighted by atomic mass is 32.2. The normalized spacial score (nSPS) is 10.6. The number of rotatable bonds is 5. The van der Waals surface area contributed by atoms with Crippen LogP contribution in [0.3, 0.4) is 0 Å². The molecule has 1 N–H and O–H groups in total. The van der Waals surface area contributed by atoms with Crippen molar-refractivity contribution in [2.24, 2.45) is 0 Å². The van der Waals surface area contributed by atoms with E-state index in [0.717, 1.165) is 5.75 Å². The molecule has 1 rings (SSSR count). The van der Waals surface area contributed by atoms with E-state index >= 15 is 0 Å². The molecule has 0 bridgehead atoms. The van der Waals surface area contributed by atoms with E-state index in [0.29, 0.717) is 5.75 Å². The summed E-state index contributed by atoms with van der Waals surface area (Å²) in [5, 5.41) is 2.90. The van der Waals surface area contributed by atoms with Gasteiger partial charge in [-0.15, -0.1) is 11.8 Å². The molecule has 0 aliphatic heterocycles. The highest BCUT2D eigenvalue weighted by Crippen LogP contribution is 2.17.